The van der Waals surface area contributed by atoms with Crippen molar-refractivity contribution in [3.63, 3.8) is 0 Å². The van der Waals surface area contributed by atoms with E-state index in [0.29, 0.717) is 23.1 Å². The zero-order chi connectivity index (χ0) is 18.2. The van der Waals surface area contributed by atoms with Gasteiger partial charge in [0.2, 0.25) is 5.91 Å². The molecule has 2 heterocycles. The number of hydrogen-bond donors (Lipinski definition) is 1. The second-order valence-corrected chi connectivity index (χ2v) is 7.98. The first kappa shape index (κ1) is 17.7. The number of rotatable bonds is 2. The van der Waals surface area contributed by atoms with Gasteiger partial charge in [-0.2, -0.15) is 4.68 Å². The molecule has 7 heteroatoms. The maximum atomic E-state index is 12.5. The largest absolute Gasteiger partial charge is 0.348 e. The molecule has 0 spiro atoms. The fraction of sp³-hybridized carbons (Fsp3) is 0.500. The lowest BCUT2D eigenvalue weighted by Gasteiger charge is -2.35. The minimum absolute atomic E-state index is 0.0354. The molecule has 1 unspecified atom stereocenters. The summed E-state index contributed by atoms with van der Waals surface area (Å²) in [6.45, 7) is 7.11. The van der Waals surface area contributed by atoms with Crippen molar-refractivity contribution < 1.29 is 4.79 Å². The van der Waals surface area contributed by atoms with Crippen molar-refractivity contribution in [1.29, 1.82) is 0 Å². The van der Waals surface area contributed by atoms with Crippen LogP contribution in [0.1, 0.15) is 45.4 Å². The number of nitrogens with zero attached hydrogens (tertiary/aromatic N) is 3. The summed E-state index contributed by atoms with van der Waals surface area (Å²) < 4.78 is 1.33. The molecular formula is C18H23ClN4O2. The number of carbonyl (C=O) groups is 1. The van der Waals surface area contributed by atoms with Crippen LogP contribution in [-0.4, -0.2) is 38.7 Å². The smallest absolute Gasteiger partial charge is 0.342 e. The number of halogens is 1. The lowest BCUT2D eigenvalue weighted by atomic mass is 9.91. The lowest BCUT2D eigenvalue weighted by Crippen LogP contribution is -2.44. The molecule has 134 valence electrons. The summed E-state index contributed by atoms with van der Waals surface area (Å²) >= 11 is 6.00. The Balaban J connectivity index is 1.84. The normalized spacial score (nSPS) is 18.4. The Morgan fingerprint density at radius 1 is 1.36 bits per heavy atom. The highest BCUT2D eigenvalue weighted by Crippen LogP contribution is 2.27. The minimum atomic E-state index is -0.407. The molecule has 0 saturated carbocycles. The Hall–Kier alpha value is -2.08. The van der Waals surface area contributed by atoms with Crippen LogP contribution in [0.2, 0.25) is 5.02 Å². The fourth-order valence-corrected chi connectivity index (χ4v) is 3.35. The molecule has 1 saturated heterocycles. The summed E-state index contributed by atoms with van der Waals surface area (Å²) in [5, 5.41) is 5.00. The van der Waals surface area contributed by atoms with E-state index in [1.165, 1.54) is 4.68 Å². The van der Waals surface area contributed by atoms with Gasteiger partial charge in [0.1, 0.15) is 5.82 Å². The van der Waals surface area contributed by atoms with Crippen molar-refractivity contribution in [3.05, 3.63) is 45.6 Å². The molecule has 0 bridgehead atoms. The van der Waals surface area contributed by atoms with Crippen LogP contribution in [0.25, 0.3) is 5.69 Å². The molecule has 2 aromatic rings. The van der Waals surface area contributed by atoms with Crippen LogP contribution >= 0.6 is 11.6 Å². The molecule has 1 atom stereocenters. The predicted molar refractivity (Wildman–Crippen MR) is 97.2 cm³/mol. The number of carbonyl (C=O) groups excluding carboxylic acids is 1. The van der Waals surface area contributed by atoms with Gasteiger partial charge in [-0.25, -0.2) is 4.79 Å². The van der Waals surface area contributed by atoms with Gasteiger partial charge in [0.25, 0.3) is 0 Å². The quantitative estimate of drug-likeness (QED) is 0.892. The van der Waals surface area contributed by atoms with Gasteiger partial charge in [0, 0.05) is 29.4 Å². The van der Waals surface area contributed by atoms with E-state index in [4.69, 9.17) is 11.6 Å². The molecule has 1 aromatic heterocycles. The van der Waals surface area contributed by atoms with E-state index < -0.39 is 5.41 Å². The molecular weight excluding hydrogens is 340 g/mol. The Morgan fingerprint density at radius 2 is 2.12 bits per heavy atom. The maximum Gasteiger partial charge on any atom is 0.348 e. The molecule has 1 aromatic carbocycles. The molecule has 6 nitrogen and oxygen atoms in total. The highest BCUT2D eigenvalue weighted by atomic mass is 35.5. The first-order valence-electron chi connectivity index (χ1n) is 8.50. The van der Waals surface area contributed by atoms with Crippen molar-refractivity contribution in [2.75, 3.05) is 13.1 Å². The van der Waals surface area contributed by atoms with E-state index in [2.05, 4.69) is 10.1 Å². The Kier molecular flexibility index (Phi) is 4.73. The van der Waals surface area contributed by atoms with E-state index in [1.54, 1.807) is 24.3 Å². The maximum absolute atomic E-state index is 12.5. The average molecular weight is 363 g/mol. The number of likely N-dealkylation sites (tertiary alicyclic amines) is 1. The van der Waals surface area contributed by atoms with Gasteiger partial charge >= 0.3 is 5.69 Å². The summed E-state index contributed by atoms with van der Waals surface area (Å²) in [5.74, 6) is 0.790. The highest BCUT2D eigenvalue weighted by Gasteiger charge is 2.32. The number of benzene rings is 1. The minimum Gasteiger partial charge on any atom is -0.342 e. The van der Waals surface area contributed by atoms with Crippen molar-refractivity contribution in [2.24, 2.45) is 5.41 Å². The topological polar surface area (TPSA) is 71.0 Å². The van der Waals surface area contributed by atoms with Crippen LogP contribution in [0.15, 0.2) is 29.1 Å². The molecule has 25 heavy (non-hydrogen) atoms. The Bertz CT molecular complexity index is 834. The number of aromatic nitrogens is 3. The summed E-state index contributed by atoms with van der Waals surface area (Å²) in [5.41, 5.74) is -0.0786. The molecule has 3 rings (SSSR count). The Labute approximate surface area is 151 Å². The molecule has 1 aliphatic heterocycles. The summed E-state index contributed by atoms with van der Waals surface area (Å²) in [4.78, 5) is 29.6. The SMILES string of the molecule is CC(C)(C)C(=O)N1CCCC(c2nn(-c3cccc(Cl)c3)c(=O)[nH]2)C1. The van der Waals surface area contributed by atoms with Gasteiger partial charge in [0.05, 0.1) is 5.69 Å². The van der Waals surface area contributed by atoms with Crippen LogP contribution in [0.5, 0.6) is 0 Å². The summed E-state index contributed by atoms with van der Waals surface area (Å²) in [6, 6.07) is 7.02. The Morgan fingerprint density at radius 3 is 2.80 bits per heavy atom. The first-order valence-corrected chi connectivity index (χ1v) is 8.88. The molecule has 1 N–H and O–H groups in total. The van der Waals surface area contributed by atoms with Gasteiger partial charge in [-0.1, -0.05) is 38.4 Å². The van der Waals surface area contributed by atoms with E-state index in [9.17, 15) is 9.59 Å². The first-order chi connectivity index (χ1) is 11.8. The number of amides is 1. The van der Waals surface area contributed by atoms with Crippen molar-refractivity contribution in [3.8, 4) is 5.69 Å². The van der Waals surface area contributed by atoms with Crippen molar-refractivity contribution in [1.82, 2.24) is 19.7 Å². The number of nitrogens with one attached hydrogen (secondary N) is 1. The molecule has 1 amide bonds. The molecule has 0 radical (unpaired) electrons. The van der Waals surface area contributed by atoms with Gasteiger partial charge in [0.15, 0.2) is 0 Å². The van der Waals surface area contributed by atoms with Crippen molar-refractivity contribution in [2.45, 2.75) is 39.5 Å². The number of H-pyrrole nitrogens is 1. The average Bonchev–Trinajstić information content (AvgIpc) is 2.95. The molecule has 1 fully saturated rings. The second-order valence-electron chi connectivity index (χ2n) is 7.55. The van der Waals surface area contributed by atoms with E-state index in [0.717, 1.165) is 19.4 Å². The third-order valence-corrected chi connectivity index (χ3v) is 4.66. The summed E-state index contributed by atoms with van der Waals surface area (Å²) in [6.07, 6.45) is 1.80. The van der Waals surface area contributed by atoms with Crippen LogP contribution in [0.4, 0.5) is 0 Å². The number of aromatic amines is 1. The molecule has 1 aliphatic rings. The van der Waals surface area contributed by atoms with Gasteiger partial charge in [-0.05, 0) is 31.0 Å². The van der Waals surface area contributed by atoms with Crippen LogP contribution < -0.4 is 5.69 Å². The zero-order valence-corrected chi connectivity index (χ0v) is 15.5. The monoisotopic (exact) mass is 362 g/mol. The third-order valence-electron chi connectivity index (χ3n) is 4.42. The highest BCUT2D eigenvalue weighted by molar-refractivity contribution is 6.30. The molecule has 0 aliphatic carbocycles. The van der Waals surface area contributed by atoms with Gasteiger partial charge in [-0.3, -0.25) is 9.78 Å². The van der Waals surface area contributed by atoms with Crippen LogP contribution in [0, 0.1) is 5.41 Å². The number of hydrogen-bond acceptors (Lipinski definition) is 3. The predicted octanol–water partition coefficient (Wildman–Crippen LogP) is 2.97. The second kappa shape index (κ2) is 6.67. The van der Waals surface area contributed by atoms with E-state index in [1.807, 2.05) is 25.7 Å². The van der Waals surface area contributed by atoms with E-state index in [-0.39, 0.29) is 17.5 Å². The third kappa shape index (κ3) is 3.79. The van der Waals surface area contributed by atoms with Gasteiger partial charge in [-0.15, -0.1) is 5.10 Å². The van der Waals surface area contributed by atoms with Crippen LogP contribution in [0.3, 0.4) is 0 Å². The summed E-state index contributed by atoms with van der Waals surface area (Å²) in [7, 11) is 0. The number of piperidine rings is 1. The van der Waals surface area contributed by atoms with Crippen molar-refractivity contribution >= 4 is 17.5 Å². The lowest BCUT2D eigenvalue weighted by molar-refractivity contribution is -0.140. The van der Waals surface area contributed by atoms with Gasteiger partial charge < -0.3 is 4.90 Å². The fourth-order valence-electron chi connectivity index (χ4n) is 3.17. The zero-order valence-electron chi connectivity index (χ0n) is 14.8. The standard InChI is InChI=1S/C18H23ClN4O2/c1-18(2,3)16(24)22-9-5-6-12(11-22)15-20-17(25)23(21-15)14-8-4-7-13(19)10-14/h4,7-8,10,12H,5-6,9,11H2,1-3H3,(H,20,21,25). The van der Waals surface area contributed by atoms with E-state index >= 15 is 0 Å². The van der Waals surface area contributed by atoms with Crippen LogP contribution in [-0.2, 0) is 4.79 Å².